The summed E-state index contributed by atoms with van der Waals surface area (Å²) in [4.78, 5) is 0.221. The maximum Gasteiger partial charge on any atom is 0.218 e. The van der Waals surface area contributed by atoms with Crippen LogP contribution in [0.4, 0.5) is 0 Å². The van der Waals surface area contributed by atoms with Crippen LogP contribution < -0.4 is 5.73 Å². The van der Waals surface area contributed by atoms with Crippen molar-refractivity contribution in [2.24, 2.45) is 5.73 Å². The molecule has 0 aliphatic rings. The molecule has 1 aromatic carbocycles. The van der Waals surface area contributed by atoms with Gasteiger partial charge in [0.25, 0.3) is 0 Å². The number of hydrogen-bond donors (Lipinski definition) is 1. The van der Waals surface area contributed by atoms with Gasteiger partial charge in [-0.1, -0.05) is 36.5 Å². The van der Waals surface area contributed by atoms with Gasteiger partial charge >= 0.3 is 0 Å². The first-order valence-electron chi connectivity index (χ1n) is 6.62. The van der Waals surface area contributed by atoms with Crippen LogP contribution in [0.2, 0.25) is 0 Å². The molecule has 4 nitrogen and oxygen atoms in total. The SMILES string of the molecule is CSCCC(C)N(C)S(=O)(=O)Cc1ccccc1C(N)=S. The fourth-order valence-electron chi connectivity index (χ4n) is 1.93. The lowest BCUT2D eigenvalue weighted by Gasteiger charge is -2.24. The minimum absolute atomic E-state index is 0.0283. The highest BCUT2D eigenvalue weighted by atomic mass is 32.2. The van der Waals surface area contributed by atoms with Gasteiger partial charge in [0.1, 0.15) is 4.99 Å². The Morgan fingerprint density at radius 3 is 2.62 bits per heavy atom. The summed E-state index contributed by atoms with van der Waals surface area (Å²) in [6, 6.07) is 7.08. The summed E-state index contributed by atoms with van der Waals surface area (Å²) in [5, 5.41) is 0. The molecule has 1 rings (SSSR count). The van der Waals surface area contributed by atoms with Gasteiger partial charge in [0.15, 0.2) is 0 Å². The lowest BCUT2D eigenvalue weighted by atomic mass is 10.1. The van der Waals surface area contributed by atoms with Crippen molar-refractivity contribution >= 4 is 39.0 Å². The van der Waals surface area contributed by atoms with Gasteiger partial charge in [0, 0.05) is 18.7 Å². The molecule has 0 amide bonds. The minimum Gasteiger partial charge on any atom is -0.389 e. The molecule has 2 N–H and O–H groups in total. The zero-order chi connectivity index (χ0) is 16.0. The van der Waals surface area contributed by atoms with E-state index in [1.165, 1.54) is 4.31 Å². The summed E-state index contributed by atoms with van der Waals surface area (Å²) < 4.78 is 26.5. The molecule has 0 bridgehead atoms. The smallest absolute Gasteiger partial charge is 0.218 e. The first-order valence-corrected chi connectivity index (χ1v) is 10.0. The number of hydrogen-bond acceptors (Lipinski definition) is 4. The molecule has 0 aliphatic heterocycles. The summed E-state index contributed by atoms with van der Waals surface area (Å²) in [5.41, 5.74) is 6.93. The molecule has 1 atom stereocenters. The predicted octanol–water partition coefficient (Wildman–Crippen LogP) is 2.22. The number of rotatable bonds is 8. The van der Waals surface area contributed by atoms with Gasteiger partial charge in [-0.25, -0.2) is 12.7 Å². The van der Waals surface area contributed by atoms with Gasteiger partial charge in [-0.05, 0) is 30.9 Å². The molecule has 1 unspecified atom stereocenters. The monoisotopic (exact) mass is 346 g/mol. The van der Waals surface area contributed by atoms with Crippen LogP contribution in [0.5, 0.6) is 0 Å². The highest BCUT2D eigenvalue weighted by Gasteiger charge is 2.24. The Labute approximate surface area is 137 Å². The van der Waals surface area contributed by atoms with Crippen molar-refractivity contribution in [1.29, 1.82) is 0 Å². The fourth-order valence-corrected chi connectivity index (χ4v) is 4.21. The maximum absolute atomic E-state index is 12.5. The number of nitrogens with zero attached hydrogens (tertiary/aromatic N) is 1. The van der Waals surface area contributed by atoms with Crippen molar-refractivity contribution in [2.75, 3.05) is 19.1 Å². The molecule has 0 aliphatic carbocycles. The number of nitrogens with two attached hydrogens (primary N) is 1. The van der Waals surface area contributed by atoms with Crippen LogP contribution in [0.25, 0.3) is 0 Å². The van der Waals surface area contributed by atoms with Crippen LogP contribution in [-0.4, -0.2) is 42.8 Å². The Balaban J connectivity index is 2.93. The number of thioether (sulfide) groups is 1. The third-order valence-corrected chi connectivity index (χ3v) is 6.20. The molecule has 21 heavy (non-hydrogen) atoms. The zero-order valence-electron chi connectivity index (χ0n) is 12.6. The molecule has 0 saturated heterocycles. The van der Waals surface area contributed by atoms with Crippen molar-refractivity contribution in [2.45, 2.75) is 25.1 Å². The highest BCUT2D eigenvalue weighted by Crippen LogP contribution is 2.18. The van der Waals surface area contributed by atoms with E-state index >= 15 is 0 Å². The predicted molar refractivity (Wildman–Crippen MR) is 95.2 cm³/mol. The summed E-state index contributed by atoms with van der Waals surface area (Å²) in [5.74, 6) is 0.852. The summed E-state index contributed by atoms with van der Waals surface area (Å²) in [6.07, 6.45) is 2.84. The second kappa shape index (κ2) is 8.12. The average Bonchev–Trinajstić information content (AvgIpc) is 2.43. The summed E-state index contributed by atoms with van der Waals surface area (Å²) in [6.45, 7) is 1.92. The van der Waals surface area contributed by atoms with Crippen molar-refractivity contribution in [1.82, 2.24) is 4.31 Å². The van der Waals surface area contributed by atoms with E-state index in [9.17, 15) is 8.42 Å². The standard InChI is InChI=1S/C14H22N2O2S3/c1-11(8-9-20-3)16(2)21(17,18)10-12-6-4-5-7-13(12)14(15)19/h4-7,11H,8-10H2,1-3H3,(H2,15,19). The number of sulfonamides is 1. The summed E-state index contributed by atoms with van der Waals surface area (Å²) in [7, 11) is -1.76. The topological polar surface area (TPSA) is 63.4 Å². The second-order valence-corrected chi connectivity index (χ2v) is 8.38. The van der Waals surface area contributed by atoms with Crippen molar-refractivity contribution < 1.29 is 8.42 Å². The van der Waals surface area contributed by atoms with Gasteiger partial charge < -0.3 is 5.73 Å². The first-order chi connectivity index (χ1) is 9.79. The third kappa shape index (κ3) is 5.25. The van der Waals surface area contributed by atoms with Gasteiger partial charge in [-0.3, -0.25) is 0 Å². The Morgan fingerprint density at radius 1 is 1.43 bits per heavy atom. The molecule has 0 heterocycles. The largest absolute Gasteiger partial charge is 0.389 e. The van der Waals surface area contributed by atoms with E-state index in [1.54, 1.807) is 43.1 Å². The first kappa shape index (κ1) is 18.4. The molecule has 1 aromatic rings. The van der Waals surface area contributed by atoms with E-state index in [-0.39, 0.29) is 16.8 Å². The Hall–Kier alpha value is -0.630. The molecule has 0 radical (unpaired) electrons. The van der Waals surface area contributed by atoms with Crippen molar-refractivity contribution in [3.8, 4) is 0 Å². The van der Waals surface area contributed by atoms with Gasteiger partial charge in [-0.2, -0.15) is 11.8 Å². The van der Waals surface area contributed by atoms with E-state index in [1.807, 2.05) is 13.2 Å². The van der Waals surface area contributed by atoms with Crippen LogP contribution in [0.3, 0.4) is 0 Å². The van der Waals surface area contributed by atoms with Gasteiger partial charge in [0.2, 0.25) is 10.0 Å². The molecule has 0 aromatic heterocycles. The van der Waals surface area contributed by atoms with Crippen LogP contribution in [0.1, 0.15) is 24.5 Å². The molecule has 0 spiro atoms. The van der Waals surface area contributed by atoms with Crippen LogP contribution in [0, 0.1) is 0 Å². The zero-order valence-corrected chi connectivity index (χ0v) is 15.0. The molecule has 0 saturated carbocycles. The Kier molecular flexibility index (Phi) is 7.12. The fraction of sp³-hybridized carbons (Fsp3) is 0.500. The lowest BCUT2D eigenvalue weighted by Crippen LogP contribution is -2.36. The van der Waals surface area contributed by atoms with Crippen molar-refractivity contribution in [3.63, 3.8) is 0 Å². The summed E-state index contributed by atoms with van der Waals surface area (Å²) >= 11 is 6.69. The van der Waals surface area contributed by atoms with Crippen LogP contribution >= 0.6 is 24.0 Å². The van der Waals surface area contributed by atoms with E-state index in [4.69, 9.17) is 18.0 Å². The minimum atomic E-state index is -3.39. The molecular weight excluding hydrogens is 324 g/mol. The maximum atomic E-state index is 12.5. The van der Waals surface area contributed by atoms with E-state index in [0.717, 1.165) is 12.2 Å². The van der Waals surface area contributed by atoms with E-state index in [0.29, 0.717) is 11.1 Å². The molecule has 0 fully saturated rings. The molecular formula is C14H22N2O2S3. The number of thiocarbonyl (C=S) groups is 1. The average molecular weight is 347 g/mol. The quantitative estimate of drug-likeness (QED) is 0.731. The lowest BCUT2D eigenvalue weighted by molar-refractivity contribution is 0.382. The second-order valence-electron chi connectivity index (χ2n) is 4.92. The number of benzene rings is 1. The normalized spacial score (nSPS) is 13.3. The molecule has 118 valence electrons. The van der Waals surface area contributed by atoms with Crippen LogP contribution in [-0.2, 0) is 15.8 Å². The van der Waals surface area contributed by atoms with Crippen LogP contribution in [0.15, 0.2) is 24.3 Å². The third-order valence-electron chi connectivity index (χ3n) is 3.42. The van der Waals surface area contributed by atoms with Gasteiger partial charge in [0.05, 0.1) is 5.75 Å². The van der Waals surface area contributed by atoms with Gasteiger partial charge in [-0.15, -0.1) is 0 Å². The van der Waals surface area contributed by atoms with E-state index in [2.05, 4.69) is 0 Å². The highest BCUT2D eigenvalue weighted by molar-refractivity contribution is 7.98. The Morgan fingerprint density at radius 2 is 2.05 bits per heavy atom. The molecule has 7 heteroatoms. The Bertz CT molecular complexity index is 588. The van der Waals surface area contributed by atoms with E-state index < -0.39 is 10.0 Å². The van der Waals surface area contributed by atoms with Crippen molar-refractivity contribution in [3.05, 3.63) is 35.4 Å².